The molecule has 0 aliphatic heterocycles. The first-order valence-corrected chi connectivity index (χ1v) is 7.12. The SMILES string of the molecule is COc1cc(N(Cc2cccs2)C2CC2)nc(N)n1. The third-order valence-corrected chi connectivity index (χ3v) is 3.96. The highest BCUT2D eigenvalue weighted by Gasteiger charge is 2.30. The smallest absolute Gasteiger partial charge is 0.225 e. The number of anilines is 2. The molecule has 0 aromatic carbocycles. The van der Waals surface area contributed by atoms with Crippen molar-refractivity contribution in [1.82, 2.24) is 9.97 Å². The summed E-state index contributed by atoms with van der Waals surface area (Å²) in [5, 5.41) is 2.09. The van der Waals surface area contributed by atoms with Crippen LogP contribution >= 0.6 is 11.3 Å². The molecule has 2 heterocycles. The molecular weight excluding hydrogens is 260 g/mol. The zero-order valence-electron chi connectivity index (χ0n) is 10.7. The zero-order chi connectivity index (χ0) is 13.2. The van der Waals surface area contributed by atoms with Gasteiger partial charge in [0.25, 0.3) is 0 Å². The molecule has 2 aromatic heterocycles. The molecule has 1 aliphatic carbocycles. The molecule has 0 spiro atoms. The number of aromatic nitrogens is 2. The summed E-state index contributed by atoms with van der Waals surface area (Å²) in [6, 6.07) is 6.62. The van der Waals surface area contributed by atoms with Crippen LogP contribution in [0.15, 0.2) is 23.6 Å². The van der Waals surface area contributed by atoms with E-state index in [1.807, 2.05) is 6.07 Å². The number of rotatable bonds is 5. The lowest BCUT2D eigenvalue weighted by atomic mass is 10.3. The van der Waals surface area contributed by atoms with E-state index >= 15 is 0 Å². The summed E-state index contributed by atoms with van der Waals surface area (Å²) in [7, 11) is 1.59. The van der Waals surface area contributed by atoms with Crippen molar-refractivity contribution in [1.29, 1.82) is 0 Å². The van der Waals surface area contributed by atoms with E-state index in [0.717, 1.165) is 12.4 Å². The maximum Gasteiger partial charge on any atom is 0.225 e. The first kappa shape index (κ1) is 12.2. The highest BCUT2D eigenvalue weighted by molar-refractivity contribution is 7.09. The summed E-state index contributed by atoms with van der Waals surface area (Å²) in [6.07, 6.45) is 2.41. The summed E-state index contributed by atoms with van der Waals surface area (Å²) in [6.45, 7) is 0.863. The Bertz CT molecular complexity index is 554. The Morgan fingerprint density at radius 1 is 1.47 bits per heavy atom. The van der Waals surface area contributed by atoms with E-state index in [1.54, 1.807) is 18.4 Å². The fraction of sp³-hybridized carbons (Fsp3) is 0.385. The Kier molecular flexibility index (Phi) is 3.25. The van der Waals surface area contributed by atoms with Gasteiger partial charge in [0.05, 0.1) is 13.7 Å². The molecule has 1 aliphatic rings. The largest absolute Gasteiger partial charge is 0.481 e. The van der Waals surface area contributed by atoms with Crippen molar-refractivity contribution in [2.24, 2.45) is 0 Å². The molecule has 100 valence electrons. The van der Waals surface area contributed by atoms with Gasteiger partial charge in [0.2, 0.25) is 11.8 Å². The van der Waals surface area contributed by atoms with Crippen LogP contribution < -0.4 is 15.4 Å². The van der Waals surface area contributed by atoms with Gasteiger partial charge in [0, 0.05) is 17.0 Å². The van der Waals surface area contributed by atoms with E-state index in [0.29, 0.717) is 11.9 Å². The second kappa shape index (κ2) is 5.05. The number of hydrogen-bond donors (Lipinski definition) is 1. The van der Waals surface area contributed by atoms with Gasteiger partial charge in [0.15, 0.2) is 0 Å². The van der Waals surface area contributed by atoms with E-state index in [-0.39, 0.29) is 5.95 Å². The minimum atomic E-state index is 0.256. The Labute approximate surface area is 116 Å². The maximum absolute atomic E-state index is 5.74. The number of nitrogen functional groups attached to an aromatic ring is 1. The number of methoxy groups -OCH3 is 1. The van der Waals surface area contributed by atoms with Crippen LogP contribution in [0.25, 0.3) is 0 Å². The van der Waals surface area contributed by atoms with Gasteiger partial charge in [-0.3, -0.25) is 0 Å². The number of hydrogen-bond acceptors (Lipinski definition) is 6. The lowest BCUT2D eigenvalue weighted by molar-refractivity contribution is 0.397. The molecule has 2 aromatic rings. The second-order valence-corrected chi connectivity index (χ2v) is 5.60. The number of nitrogens with zero attached hydrogens (tertiary/aromatic N) is 3. The number of nitrogens with two attached hydrogens (primary N) is 1. The van der Waals surface area contributed by atoms with Gasteiger partial charge in [-0.1, -0.05) is 6.07 Å². The van der Waals surface area contributed by atoms with E-state index in [4.69, 9.17) is 10.5 Å². The van der Waals surface area contributed by atoms with Gasteiger partial charge < -0.3 is 15.4 Å². The zero-order valence-corrected chi connectivity index (χ0v) is 11.6. The standard InChI is InChI=1S/C13H16N4OS/c1-18-12-7-11(15-13(14)16-12)17(9-4-5-9)8-10-3-2-6-19-10/h2-3,6-7,9H,4-5,8H2,1H3,(H2,14,15,16). The first-order chi connectivity index (χ1) is 9.26. The monoisotopic (exact) mass is 276 g/mol. The van der Waals surface area contributed by atoms with Gasteiger partial charge in [-0.05, 0) is 24.3 Å². The Balaban J connectivity index is 1.89. The molecule has 6 heteroatoms. The molecule has 5 nitrogen and oxygen atoms in total. The number of thiophene rings is 1. The van der Waals surface area contributed by atoms with Crippen LogP contribution in [0.5, 0.6) is 5.88 Å². The van der Waals surface area contributed by atoms with Crippen LogP contribution in [0, 0.1) is 0 Å². The molecule has 0 atom stereocenters. The molecule has 3 rings (SSSR count). The van der Waals surface area contributed by atoms with Crippen molar-refractivity contribution in [3.05, 3.63) is 28.5 Å². The van der Waals surface area contributed by atoms with E-state index in [2.05, 4.69) is 32.4 Å². The maximum atomic E-state index is 5.74. The summed E-state index contributed by atoms with van der Waals surface area (Å²) in [5.74, 6) is 1.62. The van der Waals surface area contributed by atoms with Gasteiger partial charge >= 0.3 is 0 Å². The fourth-order valence-corrected chi connectivity index (χ4v) is 2.74. The minimum absolute atomic E-state index is 0.256. The van der Waals surface area contributed by atoms with Crippen LogP contribution in [0.1, 0.15) is 17.7 Å². The topological polar surface area (TPSA) is 64.3 Å². The van der Waals surface area contributed by atoms with Crippen molar-refractivity contribution >= 4 is 23.1 Å². The molecule has 2 N–H and O–H groups in total. The molecule has 0 bridgehead atoms. The van der Waals surface area contributed by atoms with Crippen molar-refractivity contribution in [3.63, 3.8) is 0 Å². The normalized spacial score (nSPS) is 14.4. The van der Waals surface area contributed by atoms with Gasteiger partial charge in [-0.2, -0.15) is 9.97 Å². The Hall–Kier alpha value is -1.82. The molecule has 0 saturated heterocycles. The van der Waals surface area contributed by atoms with E-state index < -0.39 is 0 Å². The van der Waals surface area contributed by atoms with E-state index in [1.165, 1.54) is 17.7 Å². The molecule has 1 fully saturated rings. The average molecular weight is 276 g/mol. The van der Waals surface area contributed by atoms with E-state index in [9.17, 15) is 0 Å². The van der Waals surface area contributed by atoms with Crippen molar-refractivity contribution in [3.8, 4) is 5.88 Å². The van der Waals surface area contributed by atoms with Gasteiger partial charge in [0.1, 0.15) is 5.82 Å². The van der Waals surface area contributed by atoms with Crippen LogP contribution in [0.3, 0.4) is 0 Å². The molecule has 0 unspecified atom stereocenters. The minimum Gasteiger partial charge on any atom is -0.481 e. The Morgan fingerprint density at radius 3 is 2.95 bits per heavy atom. The third-order valence-electron chi connectivity index (χ3n) is 3.10. The van der Waals surface area contributed by atoms with Crippen LogP contribution in [0.4, 0.5) is 11.8 Å². The average Bonchev–Trinajstić information content (AvgIpc) is 3.12. The van der Waals surface area contributed by atoms with Gasteiger partial charge in [-0.15, -0.1) is 11.3 Å². The highest BCUT2D eigenvalue weighted by Crippen LogP contribution is 2.34. The predicted octanol–water partition coefficient (Wildman–Crippen LogP) is 2.30. The summed E-state index contributed by atoms with van der Waals surface area (Å²) < 4.78 is 5.17. The summed E-state index contributed by atoms with van der Waals surface area (Å²) in [4.78, 5) is 12.0. The quantitative estimate of drug-likeness (QED) is 0.907. The van der Waals surface area contributed by atoms with Crippen molar-refractivity contribution in [2.75, 3.05) is 17.7 Å². The number of ether oxygens (including phenoxy) is 1. The lowest BCUT2D eigenvalue weighted by Gasteiger charge is -2.23. The van der Waals surface area contributed by atoms with Crippen LogP contribution in [0.2, 0.25) is 0 Å². The predicted molar refractivity (Wildman–Crippen MR) is 76.5 cm³/mol. The molecule has 1 saturated carbocycles. The molecule has 19 heavy (non-hydrogen) atoms. The highest BCUT2D eigenvalue weighted by atomic mass is 32.1. The van der Waals surface area contributed by atoms with Crippen molar-refractivity contribution in [2.45, 2.75) is 25.4 Å². The summed E-state index contributed by atoms with van der Waals surface area (Å²) >= 11 is 1.76. The summed E-state index contributed by atoms with van der Waals surface area (Å²) in [5.41, 5.74) is 5.74. The second-order valence-electron chi connectivity index (χ2n) is 4.57. The van der Waals surface area contributed by atoms with Gasteiger partial charge in [-0.25, -0.2) is 0 Å². The van der Waals surface area contributed by atoms with Crippen LogP contribution in [-0.4, -0.2) is 23.1 Å². The van der Waals surface area contributed by atoms with Crippen molar-refractivity contribution < 1.29 is 4.74 Å². The third kappa shape index (κ3) is 2.78. The molecular formula is C13H16N4OS. The fourth-order valence-electron chi connectivity index (χ4n) is 2.04. The van der Waals surface area contributed by atoms with Crippen LogP contribution in [-0.2, 0) is 6.54 Å². The Morgan fingerprint density at radius 2 is 2.32 bits per heavy atom. The first-order valence-electron chi connectivity index (χ1n) is 6.24. The molecule has 0 radical (unpaired) electrons. The molecule has 0 amide bonds. The lowest BCUT2D eigenvalue weighted by Crippen LogP contribution is -2.26.